The van der Waals surface area contributed by atoms with E-state index in [1.165, 1.54) is 6.92 Å². The Kier molecular flexibility index (Phi) is 41.1. The van der Waals surface area contributed by atoms with Gasteiger partial charge in [0.05, 0.1) is 72.2 Å². The quantitative estimate of drug-likeness (QED) is 0.0277. The zero-order valence-electron chi connectivity index (χ0n) is 75.4. The van der Waals surface area contributed by atoms with Gasteiger partial charge in [0.25, 0.3) is 0 Å². The van der Waals surface area contributed by atoms with Crippen LogP contribution in [0.3, 0.4) is 0 Å². The van der Waals surface area contributed by atoms with Crippen LogP contribution < -0.4 is 31.9 Å². The van der Waals surface area contributed by atoms with Crippen LogP contribution in [0.2, 0.25) is 0 Å². The van der Waals surface area contributed by atoms with Crippen LogP contribution in [-0.2, 0) is 128 Å². The summed E-state index contributed by atoms with van der Waals surface area (Å²) in [6.45, 7) is -4.52. The zero-order valence-corrected chi connectivity index (χ0v) is 75.4. The molecule has 11 aliphatic heterocycles. The van der Waals surface area contributed by atoms with Crippen LogP contribution >= 0.6 is 0 Å². The number of carbonyl (C=O) groups is 6. The molecule has 11 rings (SSSR count). The molecule has 61 nitrogen and oxygen atoms in total. The Morgan fingerprint density at radius 1 is 0.201 bits per heavy atom. The monoisotopic (exact) mass is 2030 g/mol. The molecular formula is C78H130N6O55. The smallest absolute Gasteiger partial charge is 0.217 e. The first kappa shape index (κ1) is 114. The molecule has 0 aromatic heterocycles. The van der Waals surface area contributed by atoms with E-state index >= 15 is 0 Å². The fourth-order valence-electron chi connectivity index (χ4n) is 18.0. The van der Waals surface area contributed by atoms with Crippen molar-refractivity contribution in [3.63, 3.8) is 0 Å². The number of hydrogen-bond acceptors (Lipinski definition) is 55. The van der Waals surface area contributed by atoms with Crippen molar-refractivity contribution in [3.05, 3.63) is 0 Å². The van der Waals surface area contributed by atoms with Gasteiger partial charge in [-0.15, -0.1) is 0 Å². The molecule has 0 spiro atoms. The molecule has 34 N–H and O–H groups in total. The van der Waals surface area contributed by atoms with Gasteiger partial charge >= 0.3 is 0 Å². The van der Waals surface area contributed by atoms with Crippen LogP contribution in [0.5, 0.6) is 0 Å². The standard InChI is InChI=1S/C78H130N6O55/c1-18-41(98)54(111)57(114)74(122-18)120-17-34-64(51(108)35(68(118)123-34)79-19(2)92)134-73-40(84-24(7)97)53(110)62(30(13-90)129-73)136-76-60(117)65(47(104)33(131-76)16-121-77-66(138-70-37(81-21(4)94)49(106)43(100)26(9-86)125-70)56(113)46(103)32(132-77)15-119-69-36(80-20(3)93)48(105)42(99)25(8-85)124-69)137-78-67(139-71-38(82-22(5)95)50(107)44(101)27(10-87)126-71)59(116)63(31(14-91)130-78)133-72-39(83-23(6)96)52(109)61(29(12-89)128-72)135-75-58(115)55(112)45(102)28(11-88)127-75/h18,25-78,85-91,98-118H,8-17H2,1-7H3,(H,79,92)(H,80,93)(H,81,94)(H,82,95)(H,83,96)(H,84,97)/t18-,25+,26+,27+,28+,29+,30+,31+,32+,33+,34+,35+,36+,37+,38+,39+,40+,41+,42+,43+,44+,45-,46+,47+,48+,49+,50+,51+,52+,53+,54-,55-,56-,57-,58+,59-,60-,61+,62+,63+,64+,65-,66-,67-,68?,69+,70-,71-,72-,73-,74+,75-,76-,77-,78+/m0/s1. The molecule has 61 heteroatoms. The number of nitrogens with one attached hydrogen (secondary N) is 6. The van der Waals surface area contributed by atoms with Crippen LogP contribution in [0.15, 0.2) is 0 Å². The van der Waals surface area contributed by atoms with E-state index < -0.39 is 439 Å². The van der Waals surface area contributed by atoms with Gasteiger partial charge < -0.3 is 274 Å². The summed E-state index contributed by atoms with van der Waals surface area (Å²) in [5, 5.41) is 332. The fraction of sp³-hybridized carbons (Fsp3) is 0.923. The van der Waals surface area contributed by atoms with E-state index in [4.69, 9.17) is 99.5 Å². The van der Waals surface area contributed by atoms with Crippen LogP contribution in [-0.4, -0.2) is 582 Å². The summed E-state index contributed by atoms with van der Waals surface area (Å²) in [5.74, 6) is -5.67. The van der Waals surface area contributed by atoms with Gasteiger partial charge in [0.1, 0.15) is 262 Å². The number of hydrogen-bond donors (Lipinski definition) is 34. The van der Waals surface area contributed by atoms with Crippen LogP contribution in [0, 0.1) is 0 Å². The number of rotatable bonds is 36. The van der Waals surface area contributed by atoms with Crippen molar-refractivity contribution in [2.75, 3.05) is 66.1 Å². The van der Waals surface area contributed by atoms with Crippen molar-refractivity contribution in [1.29, 1.82) is 0 Å². The fourth-order valence-corrected chi connectivity index (χ4v) is 18.0. The van der Waals surface area contributed by atoms with E-state index in [-0.39, 0.29) is 0 Å². The number of ether oxygens (including phenoxy) is 21. The predicted molar refractivity (Wildman–Crippen MR) is 430 cm³/mol. The summed E-state index contributed by atoms with van der Waals surface area (Å²) in [4.78, 5) is 77.6. The molecule has 0 aromatic carbocycles. The highest BCUT2D eigenvalue weighted by Crippen LogP contribution is 2.42. The third kappa shape index (κ3) is 26.0. The average Bonchev–Trinajstić information content (AvgIpc) is 0.758. The number of aliphatic hydroxyl groups excluding tert-OH is 28. The van der Waals surface area contributed by atoms with Gasteiger partial charge in [0, 0.05) is 41.5 Å². The van der Waals surface area contributed by atoms with E-state index in [0.29, 0.717) is 0 Å². The van der Waals surface area contributed by atoms with Crippen molar-refractivity contribution in [2.45, 2.75) is 386 Å². The first-order valence-corrected chi connectivity index (χ1v) is 44.5. The summed E-state index contributed by atoms with van der Waals surface area (Å²) in [6.07, 6.45) is -105. The second-order valence-corrected chi connectivity index (χ2v) is 35.3. The molecule has 0 aliphatic carbocycles. The molecule has 0 saturated carbocycles. The minimum atomic E-state index is -2.76. The minimum Gasteiger partial charge on any atom is -0.394 e. The Bertz CT molecular complexity index is 3900. The number of carbonyl (C=O) groups excluding carboxylic acids is 6. The summed E-state index contributed by atoms with van der Waals surface area (Å²) in [5.41, 5.74) is 0. The molecule has 0 radical (unpaired) electrons. The number of aliphatic hydroxyl groups is 28. The van der Waals surface area contributed by atoms with Gasteiger partial charge in [0.2, 0.25) is 35.4 Å². The molecule has 11 fully saturated rings. The lowest BCUT2D eigenvalue weighted by Gasteiger charge is -2.52. The van der Waals surface area contributed by atoms with E-state index in [0.717, 1.165) is 41.5 Å². The van der Waals surface area contributed by atoms with E-state index in [2.05, 4.69) is 31.9 Å². The maximum Gasteiger partial charge on any atom is 0.217 e. The normalized spacial score (nSPS) is 48.3. The van der Waals surface area contributed by atoms with Gasteiger partial charge in [0.15, 0.2) is 69.2 Å². The van der Waals surface area contributed by atoms with Gasteiger partial charge in [-0.3, -0.25) is 28.8 Å². The summed E-state index contributed by atoms with van der Waals surface area (Å²) in [7, 11) is 0. The highest BCUT2D eigenvalue weighted by atomic mass is 16.8. The number of amides is 6. The Labute approximate surface area is 788 Å². The second-order valence-electron chi connectivity index (χ2n) is 35.3. The molecule has 55 atom stereocenters. The second kappa shape index (κ2) is 50.0. The molecule has 0 aromatic rings. The minimum absolute atomic E-state index is 0.839. The van der Waals surface area contributed by atoms with E-state index in [1.807, 2.05) is 0 Å². The van der Waals surface area contributed by atoms with Crippen LogP contribution in [0.1, 0.15) is 48.5 Å². The molecular weight excluding hydrogens is 1900 g/mol. The van der Waals surface area contributed by atoms with Gasteiger partial charge in [-0.05, 0) is 6.92 Å². The molecule has 139 heavy (non-hydrogen) atoms. The van der Waals surface area contributed by atoms with E-state index in [9.17, 15) is 172 Å². The Morgan fingerprint density at radius 2 is 0.460 bits per heavy atom. The maximum absolute atomic E-state index is 13.5. The Morgan fingerprint density at radius 3 is 0.885 bits per heavy atom. The topological polar surface area (TPSA) is 935 Å². The molecule has 6 amide bonds. The first-order chi connectivity index (χ1) is 65.6. The van der Waals surface area contributed by atoms with Crippen molar-refractivity contribution in [2.24, 2.45) is 0 Å². The third-order valence-electron chi connectivity index (χ3n) is 25.3. The first-order valence-electron chi connectivity index (χ1n) is 44.5. The van der Waals surface area contributed by atoms with E-state index in [1.54, 1.807) is 0 Å². The lowest BCUT2D eigenvalue weighted by Crippen LogP contribution is -2.71. The van der Waals surface area contributed by atoms with Crippen molar-refractivity contribution >= 4 is 35.4 Å². The zero-order chi connectivity index (χ0) is 102. The lowest BCUT2D eigenvalue weighted by molar-refractivity contribution is -0.404. The Balaban J connectivity index is 0.990. The molecule has 11 aliphatic rings. The SMILES string of the molecule is CC(=O)N[C@H]1[C@H](O[C@H]2[C@H](O)[C@@H](NC(C)=O)C(O)O[C@@H]2CO[C@@H]2O[C@@H](C)[C@@H](O)[C@H](O)[C@@H]2O)O[C@H](CO)[C@@H](O[C@@H]2O[C@H](CO[C@H]3O[C@H](CO[C@@H]4O[C@H](CO)[C@@H](O)[C@H](O)[C@H]4NC(C)=O)[C@@H](O)[C@H](O)[C@@H]3O[C@@H]3O[C@H](CO)[C@@H](O)[C@H](O)[C@H]3NC(C)=O)[C@@H](O)[C@H](O[C@H]3O[C@H](CO)[C@@H](O[C@@H]4O[C@H](CO)[C@@H](O[C@@H]5O[C@H](CO)[C@H](O)[C@H](O)[C@H]5O)[C@H](O)[C@H]4NC(C)=O)[C@H](O)[C@@H]3O[C@@H]3O[C@H](CO)[C@@H](O)[C@H](O)[C@H]3NC(C)=O)[C@@H]2O)[C@@H]1O. The Hall–Kier alpha value is -5.14. The summed E-state index contributed by atoms with van der Waals surface area (Å²) >= 11 is 0. The van der Waals surface area contributed by atoms with Crippen LogP contribution in [0.25, 0.3) is 0 Å². The van der Waals surface area contributed by atoms with Gasteiger partial charge in [-0.2, -0.15) is 0 Å². The van der Waals surface area contributed by atoms with Crippen LogP contribution in [0.4, 0.5) is 0 Å². The largest absolute Gasteiger partial charge is 0.394 e. The maximum atomic E-state index is 13.5. The highest BCUT2D eigenvalue weighted by molar-refractivity contribution is 5.75. The lowest BCUT2D eigenvalue weighted by atomic mass is 9.93. The third-order valence-corrected chi connectivity index (χ3v) is 25.3. The predicted octanol–water partition coefficient (Wildman–Crippen LogP) is -23.1. The molecule has 802 valence electrons. The highest BCUT2D eigenvalue weighted by Gasteiger charge is 2.63. The van der Waals surface area contributed by atoms with Crippen molar-refractivity contribution in [3.8, 4) is 0 Å². The molecule has 0 bridgehead atoms. The average molecular weight is 2030 g/mol. The summed E-state index contributed by atoms with van der Waals surface area (Å²) in [6, 6.07) is -11.5. The molecule has 1 unspecified atom stereocenters. The summed E-state index contributed by atoms with van der Waals surface area (Å²) < 4.78 is 127. The molecule has 11 heterocycles. The molecule has 11 saturated heterocycles. The van der Waals surface area contributed by atoms with Gasteiger partial charge in [-0.1, -0.05) is 0 Å². The van der Waals surface area contributed by atoms with Crippen molar-refractivity contribution in [1.82, 2.24) is 31.9 Å². The van der Waals surface area contributed by atoms with Gasteiger partial charge in [-0.25, -0.2) is 0 Å². The van der Waals surface area contributed by atoms with Crippen molar-refractivity contribution < 1.29 is 271 Å².